The molecule has 0 bridgehead atoms. The van der Waals surface area contributed by atoms with Crippen LogP contribution >= 0.6 is 0 Å². The van der Waals surface area contributed by atoms with E-state index in [0.717, 1.165) is 5.57 Å². The van der Waals surface area contributed by atoms with Crippen LogP contribution in [0.2, 0.25) is 0 Å². The molecule has 0 unspecified atom stereocenters. The van der Waals surface area contributed by atoms with Gasteiger partial charge in [0, 0.05) is 11.3 Å². The third-order valence-corrected chi connectivity index (χ3v) is 1.35. The Hall–Kier alpha value is -1.31. The summed E-state index contributed by atoms with van der Waals surface area (Å²) in [4.78, 5) is 0. The average Bonchev–Trinajstić information content (AvgIpc) is 1.88. The molecule has 0 saturated heterocycles. The van der Waals surface area contributed by atoms with Crippen molar-refractivity contribution in [3.05, 3.63) is 35.6 Å². The van der Waals surface area contributed by atoms with Crippen molar-refractivity contribution in [3.8, 4) is 0 Å². The molecule has 3 N–H and O–H groups in total. The maximum Gasteiger partial charge on any atom is 0.0629 e. The molecule has 0 atom stereocenters. The van der Waals surface area contributed by atoms with Gasteiger partial charge < -0.3 is 11.1 Å². The van der Waals surface area contributed by atoms with Crippen LogP contribution in [-0.4, -0.2) is 5.71 Å². The Bertz CT molecular complexity index is 240. The van der Waals surface area contributed by atoms with Gasteiger partial charge >= 0.3 is 0 Å². The van der Waals surface area contributed by atoms with E-state index in [9.17, 15) is 0 Å². The van der Waals surface area contributed by atoms with Crippen molar-refractivity contribution >= 4 is 5.71 Å². The van der Waals surface area contributed by atoms with E-state index in [1.807, 2.05) is 18.2 Å². The molecule has 0 radical (unpaired) electrons. The smallest absolute Gasteiger partial charge is 0.0629 e. The third kappa shape index (κ3) is 1.16. The van der Waals surface area contributed by atoms with Gasteiger partial charge in [-0.05, 0) is 13.0 Å². The predicted molar refractivity (Wildman–Crippen MR) is 42.9 cm³/mol. The topological polar surface area (TPSA) is 49.9 Å². The molecule has 0 aliphatic heterocycles. The second-order valence-electron chi connectivity index (χ2n) is 2.23. The summed E-state index contributed by atoms with van der Waals surface area (Å²) in [6.07, 6.45) is 7.28. The van der Waals surface area contributed by atoms with Gasteiger partial charge in [-0.15, -0.1) is 0 Å². The lowest BCUT2D eigenvalue weighted by atomic mass is 10.0. The molecule has 0 aromatic heterocycles. The molecule has 0 fully saturated rings. The van der Waals surface area contributed by atoms with Crippen LogP contribution in [0.4, 0.5) is 0 Å². The van der Waals surface area contributed by atoms with E-state index in [1.54, 1.807) is 13.0 Å². The first kappa shape index (κ1) is 6.81. The van der Waals surface area contributed by atoms with Crippen molar-refractivity contribution in [2.24, 2.45) is 5.73 Å². The van der Waals surface area contributed by atoms with E-state index in [2.05, 4.69) is 0 Å². The van der Waals surface area contributed by atoms with Crippen LogP contribution in [-0.2, 0) is 0 Å². The molecule has 52 valence electrons. The Balaban J connectivity index is 3.02. The molecule has 2 heteroatoms. The number of nitrogens with one attached hydrogen (secondary N) is 1. The lowest BCUT2D eigenvalue weighted by Gasteiger charge is -2.04. The monoisotopic (exact) mass is 134 g/mol. The minimum Gasteiger partial charge on any atom is -0.402 e. The molecule has 1 rings (SSSR count). The van der Waals surface area contributed by atoms with Gasteiger partial charge in [-0.3, -0.25) is 0 Å². The number of hydrogen-bond donors (Lipinski definition) is 2. The summed E-state index contributed by atoms with van der Waals surface area (Å²) in [7, 11) is 0. The van der Waals surface area contributed by atoms with Crippen molar-refractivity contribution < 1.29 is 0 Å². The third-order valence-electron chi connectivity index (χ3n) is 1.35. The molecule has 10 heavy (non-hydrogen) atoms. The fourth-order valence-electron chi connectivity index (χ4n) is 0.827. The van der Waals surface area contributed by atoms with Gasteiger partial charge in [-0.1, -0.05) is 18.2 Å². The zero-order valence-corrected chi connectivity index (χ0v) is 5.89. The molecule has 1 aliphatic carbocycles. The molecule has 0 aromatic rings. The van der Waals surface area contributed by atoms with Gasteiger partial charge in [0.1, 0.15) is 0 Å². The van der Waals surface area contributed by atoms with Crippen LogP contribution in [0.25, 0.3) is 0 Å². The van der Waals surface area contributed by atoms with Gasteiger partial charge in [-0.2, -0.15) is 0 Å². The normalized spacial score (nSPS) is 21.5. The summed E-state index contributed by atoms with van der Waals surface area (Å²) < 4.78 is 0. The lowest BCUT2D eigenvalue weighted by molar-refractivity contribution is 1.28. The number of hydrogen-bond acceptors (Lipinski definition) is 2. The Kier molecular flexibility index (Phi) is 1.71. The number of nitrogens with two attached hydrogens (primary N) is 1. The van der Waals surface area contributed by atoms with Crippen LogP contribution < -0.4 is 5.73 Å². The van der Waals surface area contributed by atoms with Gasteiger partial charge in [0.05, 0.1) is 5.71 Å². The van der Waals surface area contributed by atoms with Crippen LogP contribution in [0, 0.1) is 5.41 Å². The van der Waals surface area contributed by atoms with E-state index >= 15 is 0 Å². The van der Waals surface area contributed by atoms with E-state index in [-0.39, 0.29) is 0 Å². The van der Waals surface area contributed by atoms with E-state index in [4.69, 9.17) is 11.1 Å². The summed E-state index contributed by atoms with van der Waals surface area (Å²) in [5, 5.41) is 7.40. The van der Waals surface area contributed by atoms with Crippen molar-refractivity contribution in [2.45, 2.75) is 6.92 Å². The Morgan fingerprint density at radius 3 is 2.40 bits per heavy atom. The zero-order valence-electron chi connectivity index (χ0n) is 5.89. The largest absolute Gasteiger partial charge is 0.402 e. The molecule has 0 aromatic carbocycles. The molecule has 2 nitrogen and oxygen atoms in total. The fourth-order valence-corrected chi connectivity index (χ4v) is 0.827. The summed E-state index contributed by atoms with van der Waals surface area (Å²) in [5.41, 5.74) is 7.52. The van der Waals surface area contributed by atoms with Gasteiger partial charge in [-0.25, -0.2) is 0 Å². The maximum atomic E-state index is 7.40. The summed E-state index contributed by atoms with van der Waals surface area (Å²) in [5.74, 6) is 0. The molecular formula is C8H10N2. The van der Waals surface area contributed by atoms with E-state index in [1.165, 1.54) is 0 Å². The van der Waals surface area contributed by atoms with Crippen molar-refractivity contribution in [1.29, 1.82) is 5.41 Å². The van der Waals surface area contributed by atoms with Crippen LogP contribution in [0.15, 0.2) is 35.6 Å². The number of rotatable bonds is 0. The zero-order chi connectivity index (χ0) is 7.56. The quantitative estimate of drug-likeness (QED) is 0.516. The van der Waals surface area contributed by atoms with Crippen LogP contribution in [0.1, 0.15) is 6.92 Å². The molecule has 1 aliphatic rings. The molecule has 0 heterocycles. The van der Waals surface area contributed by atoms with E-state index in [0.29, 0.717) is 11.4 Å². The Morgan fingerprint density at radius 2 is 2.00 bits per heavy atom. The van der Waals surface area contributed by atoms with Gasteiger partial charge in [0.25, 0.3) is 0 Å². The fraction of sp³-hybridized carbons (Fsp3) is 0.125. The van der Waals surface area contributed by atoms with Crippen molar-refractivity contribution in [3.63, 3.8) is 0 Å². The van der Waals surface area contributed by atoms with Crippen LogP contribution in [0.5, 0.6) is 0 Å². The number of allylic oxidation sites excluding steroid dienone is 6. The summed E-state index contributed by atoms with van der Waals surface area (Å²) in [6.45, 7) is 1.80. The molecule has 0 saturated carbocycles. The minimum atomic E-state index is 0.488. The van der Waals surface area contributed by atoms with Gasteiger partial charge in [0.15, 0.2) is 0 Å². The highest BCUT2D eigenvalue weighted by Gasteiger charge is 2.02. The SMILES string of the molecule is C/C(N)=C1\C=CC=CC1=N. The predicted octanol–water partition coefficient (Wildman–Crippen LogP) is 1.36. The molecular weight excluding hydrogens is 124 g/mol. The lowest BCUT2D eigenvalue weighted by Crippen LogP contribution is -2.05. The first-order chi connectivity index (χ1) is 4.72. The Labute approximate surface area is 60.2 Å². The summed E-state index contributed by atoms with van der Waals surface area (Å²) >= 11 is 0. The molecule has 0 amide bonds. The highest BCUT2D eigenvalue weighted by Crippen LogP contribution is 2.08. The second-order valence-corrected chi connectivity index (χ2v) is 2.23. The Morgan fingerprint density at radius 1 is 1.40 bits per heavy atom. The minimum absolute atomic E-state index is 0.488. The maximum absolute atomic E-state index is 7.40. The summed E-state index contributed by atoms with van der Waals surface area (Å²) in [6, 6.07) is 0. The first-order valence-electron chi connectivity index (χ1n) is 3.12. The standard InChI is InChI=1S/C8H10N2/c1-6(9)7-4-2-3-5-8(7)10/h2-5,10H,9H2,1H3/b7-6-,10-8?. The highest BCUT2D eigenvalue weighted by molar-refractivity contribution is 6.09. The first-order valence-corrected chi connectivity index (χ1v) is 3.12. The van der Waals surface area contributed by atoms with E-state index < -0.39 is 0 Å². The van der Waals surface area contributed by atoms with Crippen molar-refractivity contribution in [1.82, 2.24) is 0 Å². The average molecular weight is 134 g/mol. The van der Waals surface area contributed by atoms with Crippen LogP contribution in [0.3, 0.4) is 0 Å². The van der Waals surface area contributed by atoms with Gasteiger partial charge in [0.2, 0.25) is 0 Å². The van der Waals surface area contributed by atoms with Crippen molar-refractivity contribution in [2.75, 3.05) is 0 Å². The second kappa shape index (κ2) is 2.52. The highest BCUT2D eigenvalue weighted by atomic mass is 14.6. The molecule has 0 spiro atoms.